The molecule has 0 aliphatic carbocycles. The Labute approximate surface area is 126 Å². The fourth-order valence-corrected chi connectivity index (χ4v) is 1.92. The van der Waals surface area contributed by atoms with E-state index in [9.17, 15) is 0 Å². The average Bonchev–Trinajstić information content (AvgIpc) is 2.55. The lowest BCUT2D eigenvalue weighted by Crippen LogP contribution is -2.09. The van der Waals surface area contributed by atoms with Gasteiger partial charge in [-0.3, -0.25) is 0 Å². The van der Waals surface area contributed by atoms with Gasteiger partial charge in [-0.25, -0.2) is 0 Å². The van der Waals surface area contributed by atoms with Crippen molar-refractivity contribution < 1.29 is 9.47 Å². The first kappa shape index (κ1) is 15.3. The fourth-order valence-electron chi connectivity index (χ4n) is 1.92. The lowest BCUT2D eigenvalue weighted by Gasteiger charge is -2.09. The molecule has 0 saturated heterocycles. The molecule has 0 fully saturated rings. The van der Waals surface area contributed by atoms with Gasteiger partial charge in [-0.2, -0.15) is 0 Å². The van der Waals surface area contributed by atoms with Crippen molar-refractivity contribution in [1.82, 2.24) is 0 Å². The molecule has 21 heavy (non-hydrogen) atoms. The molecule has 0 unspecified atom stereocenters. The van der Waals surface area contributed by atoms with Gasteiger partial charge in [-0.15, -0.1) is 0 Å². The van der Waals surface area contributed by atoms with Crippen LogP contribution in [0.3, 0.4) is 0 Å². The number of benzene rings is 2. The molecule has 0 atom stereocenters. The van der Waals surface area contributed by atoms with Crippen LogP contribution in [-0.4, -0.2) is 19.8 Å². The predicted molar refractivity (Wildman–Crippen MR) is 86.1 cm³/mol. The molecule has 2 rings (SSSR count). The number of ether oxygens (including phenoxy) is 2. The van der Waals surface area contributed by atoms with Crippen LogP contribution in [-0.2, 0) is 11.3 Å². The number of rotatable bonds is 8. The Hall–Kier alpha value is -2.10. The Bertz CT molecular complexity index is 552. The normalized spacial score (nSPS) is 10.9. The molecule has 2 N–H and O–H groups in total. The summed E-state index contributed by atoms with van der Waals surface area (Å²) in [5.74, 6) is 0.837. The zero-order valence-electron chi connectivity index (χ0n) is 12.1. The zero-order chi connectivity index (χ0) is 14.8. The lowest BCUT2D eigenvalue weighted by molar-refractivity contribution is 0.121. The highest BCUT2D eigenvalue weighted by molar-refractivity contribution is 5.48. The van der Waals surface area contributed by atoms with E-state index in [0.29, 0.717) is 26.4 Å². The summed E-state index contributed by atoms with van der Waals surface area (Å²) in [5, 5.41) is 0. The zero-order valence-corrected chi connectivity index (χ0v) is 12.1. The summed E-state index contributed by atoms with van der Waals surface area (Å²) < 4.78 is 11.2. The van der Waals surface area contributed by atoms with Crippen LogP contribution in [0, 0.1) is 0 Å². The molecule has 0 aliphatic rings. The van der Waals surface area contributed by atoms with E-state index in [1.165, 1.54) is 5.56 Å². The summed E-state index contributed by atoms with van der Waals surface area (Å²) in [6, 6.07) is 18.0. The summed E-state index contributed by atoms with van der Waals surface area (Å²) in [4.78, 5) is 0. The van der Waals surface area contributed by atoms with Gasteiger partial charge in [0.2, 0.25) is 0 Å². The molecule has 0 heterocycles. The van der Waals surface area contributed by atoms with Gasteiger partial charge in [0.1, 0.15) is 12.4 Å². The van der Waals surface area contributed by atoms with Crippen LogP contribution in [0.5, 0.6) is 5.75 Å². The van der Waals surface area contributed by atoms with Crippen molar-refractivity contribution >= 4 is 6.08 Å². The first-order valence-corrected chi connectivity index (χ1v) is 7.10. The van der Waals surface area contributed by atoms with Crippen molar-refractivity contribution in [2.45, 2.75) is 6.54 Å². The first-order chi connectivity index (χ1) is 10.4. The highest BCUT2D eigenvalue weighted by atomic mass is 16.5. The molecule has 0 aromatic heterocycles. The van der Waals surface area contributed by atoms with Crippen molar-refractivity contribution in [2.24, 2.45) is 5.73 Å². The van der Waals surface area contributed by atoms with Crippen molar-refractivity contribution in [3.8, 4) is 5.75 Å². The second-order valence-electron chi connectivity index (χ2n) is 4.55. The summed E-state index contributed by atoms with van der Waals surface area (Å²) in [6.45, 7) is 2.14. The van der Waals surface area contributed by atoms with Crippen molar-refractivity contribution in [1.29, 1.82) is 0 Å². The van der Waals surface area contributed by atoms with E-state index >= 15 is 0 Å². The van der Waals surface area contributed by atoms with E-state index in [2.05, 4.69) is 12.1 Å². The van der Waals surface area contributed by atoms with E-state index in [1.807, 2.05) is 54.6 Å². The number of hydrogen-bond donors (Lipinski definition) is 1. The predicted octanol–water partition coefficient (Wildman–Crippen LogP) is 3.25. The van der Waals surface area contributed by atoms with E-state index in [1.54, 1.807) is 0 Å². The third-order valence-corrected chi connectivity index (χ3v) is 3.00. The Kier molecular flexibility index (Phi) is 6.52. The van der Waals surface area contributed by atoms with Crippen LogP contribution >= 0.6 is 0 Å². The summed E-state index contributed by atoms with van der Waals surface area (Å²) in [5.41, 5.74) is 7.85. The monoisotopic (exact) mass is 283 g/mol. The van der Waals surface area contributed by atoms with E-state index in [4.69, 9.17) is 15.2 Å². The molecule has 0 bridgehead atoms. The number of hydrogen-bond acceptors (Lipinski definition) is 3. The van der Waals surface area contributed by atoms with Crippen LogP contribution in [0.15, 0.2) is 60.7 Å². The van der Waals surface area contributed by atoms with Crippen LogP contribution < -0.4 is 10.5 Å². The van der Waals surface area contributed by atoms with Gasteiger partial charge in [0.15, 0.2) is 0 Å². The van der Waals surface area contributed by atoms with Gasteiger partial charge in [-0.1, -0.05) is 60.7 Å². The average molecular weight is 283 g/mol. The van der Waals surface area contributed by atoms with E-state index in [-0.39, 0.29) is 0 Å². The van der Waals surface area contributed by atoms with Gasteiger partial charge >= 0.3 is 0 Å². The van der Waals surface area contributed by atoms with Gasteiger partial charge in [0.05, 0.1) is 13.2 Å². The maximum atomic E-state index is 5.66. The SMILES string of the molecule is NCc1ccccc1OCCOCC=Cc1ccccc1. The maximum absolute atomic E-state index is 5.66. The third kappa shape index (κ3) is 5.42. The molecule has 0 amide bonds. The highest BCUT2D eigenvalue weighted by Crippen LogP contribution is 2.16. The molecule has 3 nitrogen and oxygen atoms in total. The molecular formula is C18H21NO2. The van der Waals surface area contributed by atoms with Gasteiger partial charge in [0, 0.05) is 12.1 Å². The number of nitrogens with two attached hydrogens (primary N) is 1. The Balaban J connectivity index is 1.63. The van der Waals surface area contributed by atoms with Crippen LogP contribution in [0.25, 0.3) is 6.08 Å². The minimum Gasteiger partial charge on any atom is -0.491 e. The van der Waals surface area contributed by atoms with Gasteiger partial charge < -0.3 is 15.2 Å². The molecule has 3 heteroatoms. The Morgan fingerprint density at radius 3 is 2.48 bits per heavy atom. The molecule has 0 saturated carbocycles. The largest absolute Gasteiger partial charge is 0.491 e. The van der Waals surface area contributed by atoms with Crippen molar-refractivity contribution in [3.63, 3.8) is 0 Å². The second-order valence-corrected chi connectivity index (χ2v) is 4.55. The number of para-hydroxylation sites is 1. The molecule has 2 aromatic carbocycles. The minimum atomic E-state index is 0.483. The first-order valence-electron chi connectivity index (χ1n) is 7.10. The molecule has 110 valence electrons. The Morgan fingerprint density at radius 1 is 0.905 bits per heavy atom. The maximum Gasteiger partial charge on any atom is 0.123 e. The van der Waals surface area contributed by atoms with E-state index < -0.39 is 0 Å². The topological polar surface area (TPSA) is 44.5 Å². The van der Waals surface area contributed by atoms with Crippen molar-refractivity contribution in [2.75, 3.05) is 19.8 Å². The smallest absolute Gasteiger partial charge is 0.123 e. The molecular weight excluding hydrogens is 262 g/mol. The standard InChI is InChI=1S/C18H21NO2/c19-15-17-10-4-5-11-18(17)21-14-13-20-12-6-9-16-7-2-1-3-8-16/h1-11H,12-15,19H2. The van der Waals surface area contributed by atoms with Crippen LogP contribution in [0.2, 0.25) is 0 Å². The lowest BCUT2D eigenvalue weighted by atomic mass is 10.2. The second kappa shape index (κ2) is 8.95. The fraction of sp³-hybridized carbons (Fsp3) is 0.222. The summed E-state index contributed by atoms with van der Waals surface area (Å²) in [7, 11) is 0. The van der Waals surface area contributed by atoms with Crippen LogP contribution in [0.1, 0.15) is 11.1 Å². The van der Waals surface area contributed by atoms with E-state index in [0.717, 1.165) is 11.3 Å². The third-order valence-electron chi connectivity index (χ3n) is 3.00. The molecule has 0 aliphatic heterocycles. The van der Waals surface area contributed by atoms with Gasteiger partial charge in [-0.05, 0) is 11.6 Å². The molecule has 2 aromatic rings. The Morgan fingerprint density at radius 2 is 1.67 bits per heavy atom. The highest BCUT2D eigenvalue weighted by Gasteiger charge is 1.99. The van der Waals surface area contributed by atoms with Crippen molar-refractivity contribution in [3.05, 3.63) is 71.8 Å². The summed E-state index contributed by atoms with van der Waals surface area (Å²) in [6.07, 6.45) is 4.05. The quantitative estimate of drug-likeness (QED) is 0.756. The molecule has 0 radical (unpaired) electrons. The van der Waals surface area contributed by atoms with Crippen LogP contribution in [0.4, 0.5) is 0 Å². The summed E-state index contributed by atoms with van der Waals surface area (Å²) >= 11 is 0. The van der Waals surface area contributed by atoms with Gasteiger partial charge in [0.25, 0.3) is 0 Å². The minimum absolute atomic E-state index is 0.483. The molecule has 0 spiro atoms.